The van der Waals surface area contributed by atoms with Crippen LogP contribution in [0.5, 0.6) is 0 Å². The predicted octanol–water partition coefficient (Wildman–Crippen LogP) is 1.65. The van der Waals surface area contributed by atoms with Crippen LogP contribution in [-0.2, 0) is 0 Å². The van der Waals surface area contributed by atoms with Crippen molar-refractivity contribution in [2.45, 2.75) is 32.4 Å². The molecule has 1 rings (SSSR count). The van der Waals surface area contributed by atoms with E-state index in [2.05, 4.69) is 37.9 Å². The lowest BCUT2D eigenvalue weighted by molar-refractivity contribution is 0.153. The van der Waals surface area contributed by atoms with E-state index in [1.807, 2.05) is 13.8 Å². The molecule has 0 aliphatic heterocycles. The SMILES string of the molecule is CCC(O)C(C)Nc1ncc(I)cn1. The summed E-state index contributed by atoms with van der Waals surface area (Å²) in [6.07, 6.45) is 3.83. The third-order valence-electron chi connectivity index (χ3n) is 1.97. The first-order valence-electron chi connectivity index (χ1n) is 4.55. The Labute approximate surface area is 97.3 Å². The number of hydrogen-bond donors (Lipinski definition) is 2. The summed E-state index contributed by atoms with van der Waals surface area (Å²) in [5.41, 5.74) is 0. The highest BCUT2D eigenvalue weighted by molar-refractivity contribution is 14.1. The fourth-order valence-corrected chi connectivity index (χ4v) is 1.32. The average Bonchev–Trinajstić information content (AvgIpc) is 2.20. The van der Waals surface area contributed by atoms with Gasteiger partial charge in [0, 0.05) is 16.0 Å². The number of aliphatic hydroxyl groups is 1. The Balaban J connectivity index is 2.56. The molecule has 2 unspecified atom stereocenters. The Morgan fingerprint density at radius 3 is 2.57 bits per heavy atom. The Kier molecular flexibility index (Phi) is 4.53. The second-order valence-corrected chi connectivity index (χ2v) is 4.38. The van der Waals surface area contributed by atoms with Crippen LogP contribution >= 0.6 is 22.6 Å². The van der Waals surface area contributed by atoms with E-state index in [1.54, 1.807) is 12.4 Å². The van der Waals surface area contributed by atoms with Gasteiger partial charge >= 0.3 is 0 Å². The predicted molar refractivity (Wildman–Crippen MR) is 64.1 cm³/mol. The number of hydrogen-bond acceptors (Lipinski definition) is 4. The summed E-state index contributed by atoms with van der Waals surface area (Å²) >= 11 is 2.15. The van der Waals surface area contributed by atoms with Gasteiger partial charge in [-0.15, -0.1) is 0 Å². The smallest absolute Gasteiger partial charge is 0.222 e. The molecular formula is C9H14IN3O. The van der Waals surface area contributed by atoms with E-state index >= 15 is 0 Å². The minimum atomic E-state index is -0.363. The Morgan fingerprint density at radius 1 is 1.50 bits per heavy atom. The maximum Gasteiger partial charge on any atom is 0.222 e. The van der Waals surface area contributed by atoms with Crippen molar-refractivity contribution < 1.29 is 5.11 Å². The van der Waals surface area contributed by atoms with Crippen LogP contribution < -0.4 is 5.32 Å². The van der Waals surface area contributed by atoms with Crippen molar-refractivity contribution >= 4 is 28.5 Å². The topological polar surface area (TPSA) is 58.0 Å². The molecule has 5 heteroatoms. The fourth-order valence-electron chi connectivity index (χ4n) is 1.04. The average molecular weight is 307 g/mol. The second kappa shape index (κ2) is 5.45. The molecule has 0 bridgehead atoms. The molecule has 0 saturated heterocycles. The van der Waals surface area contributed by atoms with Gasteiger partial charge in [-0.05, 0) is 35.9 Å². The fraction of sp³-hybridized carbons (Fsp3) is 0.556. The van der Waals surface area contributed by atoms with Gasteiger partial charge in [-0.2, -0.15) is 0 Å². The monoisotopic (exact) mass is 307 g/mol. The van der Waals surface area contributed by atoms with Crippen LogP contribution in [0.1, 0.15) is 20.3 Å². The van der Waals surface area contributed by atoms with Crippen molar-refractivity contribution in [2.75, 3.05) is 5.32 Å². The van der Waals surface area contributed by atoms with E-state index in [9.17, 15) is 5.11 Å². The van der Waals surface area contributed by atoms with Gasteiger partial charge < -0.3 is 10.4 Å². The quantitative estimate of drug-likeness (QED) is 0.831. The van der Waals surface area contributed by atoms with Crippen molar-refractivity contribution in [3.63, 3.8) is 0 Å². The van der Waals surface area contributed by atoms with Crippen molar-refractivity contribution in [1.82, 2.24) is 9.97 Å². The zero-order valence-corrected chi connectivity index (χ0v) is 10.4. The van der Waals surface area contributed by atoms with Gasteiger partial charge in [-0.25, -0.2) is 9.97 Å². The van der Waals surface area contributed by atoms with E-state index in [1.165, 1.54) is 0 Å². The van der Waals surface area contributed by atoms with Gasteiger partial charge in [0.1, 0.15) is 0 Å². The number of rotatable bonds is 4. The van der Waals surface area contributed by atoms with Crippen LogP contribution in [0.4, 0.5) is 5.95 Å². The minimum Gasteiger partial charge on any atom is -0.391 e. The lowest BCUT2D eigenvalue weighted by atomic mass is 10.1. The maximum absolute atomic E-state index is 9.52. The summed E-state index contributed by atoms with van der Waals surface area (Å²) in [5.74, 6) is 0.561. The van der Waals surface area contributed by atoms with Gasteiger partial charge in [0.2, 0.25) is 5.95 Å². The van der Waals surface area contributed by atoms with E-state index in [4.69, 9.17) is 0 Å². The molecule has 0 fully saturated rings. The highest BCUT2D eigenvalue weighted by atomic mass is 127. The van der Waals surface area contributed by atoms with E-state index < -0.39 is 0 Å². The molecule has 14 heavy (non-hydrogen) atoms. The standard InChI is InChI=1S/C9H14IN3O/c1-3-8(14)6(2)13-9-11-4-7(10)5-12-9/h4-6,8,14H,3H2,1-2H3,(H,11,12,13). The number of aromatic nitrogens is 2. The van der Waals surface area contributed by atoms with Crippen molar-refractivity contribution in [1.29, 1.82) is 0 Å². The Bertz CT molecular complexity index is 278. The highest BCUT2D eigenvalue weighted by Crippen LogP contribution is 2.07. The molecule has 0 radical (unpaired) electrons. The van der Waals surface area contributed by atoms with Crippen LogP contribution in [0.3, 0.4) is 0 Å². The Morgan fingerprint density at radius 2 is 2.07 bits per heavy atom. The number of anilines is 1. The number of nitrogens with zero attached hydrogens (tertiary/aromatic N) is 2. The van der Waals surface area contributed by atoms with Crippen LogP contribution in [0.2, 0.25) is 0 Å². The van der Waals surface area contributed by atoms with E-state index in [-0.39, 0.29) is 12.1 Å². The summed E-state index contributed by atoms with van der Waals surface area (Å²) in [6, 6.07) is -0.0277. The molecule has 1 heterocycles. The van der Waals surface area contributed by atoms with Gasteiger partial charge in [0.25, 0.3) is 0 Å². The summed E-state index contributed by atoms with van der Waals surface area (Å²) in [4.78, 5) is 8.19. The molecule has 0 aliphatic carbocycles. The molecule has 2 N–H and O–H groups in total. The first kappa shape index (κ1) is 11.6. The second-order valence-electron chi connectivity index (χ2n) is 3.13. The number of halogens is 1. The molecule has 0 aromatic carbocycles. The summed E-state index contributed by atoms with van der Waals surface area (Å²) in [6.45, 7) is 3.85. The van der Waals surface area contributed by atoms with Gasteiger partial charge in [-0.1, -0.05) is 6.92 Å². The largest absolute Gasteiger partial charge is 0.391 e. The first-order chi connectivity index (χ1) is 6.63. The van der Waals surface area contributed by atoms with E-state index in [0.29, 0.717) is 5.95 Å². The van der Waals surface area contributed by atoms with Gasteiger partial charge in [0.05, 0.1) is 12.1 Å². The summed E-state index contributed by atoms with van der Waals surface area (Å²) in [7, 11) is 0. The van der Waals surface area contributed by atoms with Gasteiger partial charge in [0.15, 0.2) is 0 Å². The lowest BCUT2D eigenvalue weighted by Gasteiger charge is -2.18. The van der Waals surface area contributed by atoms with Gasteiger partial charge in [-0.3, -0.25) is 0 Å². The number of nitrogens with one attached hydrogen (secondary N) is 1. The highest BCUT2D eigenvalue weighted by Gasteiger charge is 2.12. The Hall–Kier alpha value is -0.430. The third-order valence-corrected chi connectivity index (χ3v) is 2.53. The zero-order valence-electron chi connectivity index (χ0n) is 8.24. The molecular weight excluding hydrogens is 293 g/mol. The minimum absolute atomic E-state index is 0.0277. The molecule has 0 aliphatic rings. The molecule has 0 spiro atoms. The zero-order chi connectivity index (χ0) is 10.6. The normalized spacial score (nSPS) is 14.9. The van der Waals surface area contributed by atoms with Crippen LogP contribution in [0.25, 0.3) is 0 Å². The maximum atomic E-state index is 9.52. The van der Waals surface area contributed by atoms with Crippen molar-refractivity contribution in [2.24, 2.45) is 0 Å². The lowest BCUT2D eigenvalue weighted by Crippen LogP contribution is -2.30. The number of aliphatic hydroxyl groups excluding tert-OH is 1. The molecule has 4 nitrogen and oxygen atoms in total. The molecule has 2 atom stereocenters. The molecule has 78 valence electrons. The summed E-state index contributed by atoms with van der Waals surface area (Å²) in [5, 5.41) is 12.6. The van der Waals surface area contributed by atoms with E-state index in [0.717, 1.165) is 9.99 Å². The van der Waals surface area contributed by atoms with Crippen LogP contribution in [0, 0.1) is 3.57 Å². The van der Waals surface area contributed by atoms with Crippen LogP contribution in [-0.4, -0.2) is 27.2 Å². The molecule has 1 aromatic rings. The third kappa shape index (κ3) is 3.38. The summed E-state index contributed by atoms with van der Waals surface area (Å²) < 4.78 is 0.997. The molecule has 0 saturated carbocycles. The first-order valence-corrected chi connectivity index (χ1v) is 5.63. The molecule has 0 amide bonds. The molecule has 1 aromatic heterocycles. The van der Waals surface area contributed by atoms with Crippen LogP contribution in [0.15, 0.2) is 12.4 Å². The van der Waals surface area contributed by atoms with Crippen molar-refractivity contribution in [3.05, 3.63) is 16.0 Å². The van der Waals surface area contributed by atoms with Crippen molar-refractivity contribution in [3.8, 4) is 0 Å².